The van der Waals surface area contributed by atoms with E-state index in [4.69, 9.17) is 14.3 Å². The highest BCUT2D eigenvalue weighted by Gasteiger charge is 2.13. The van der Waals surface area contributed by atoms with Gasteiger partial charge in [-0.2, -0.15) is 0 Å². The summed E-state index contributed by atoms with van der Waals surface area (Å²) in [4.78, 5) is 10.8. The van der Waals surface area contributed by atoms with Crippen molar-refractivity contribution in [2.45, 2.75) is 26.9 Å². The lowest BCUT2D eigenvalue weighted by Crippen LogP contribution is -1.96. The van der Waals surface area contributed by atoms with E-state index in [0.717, 1.165) is 17.7 Å². The average Bonchev–Trinajstić information content (AvgIpc) is 2.79. The zero-order chi connectivity index (χ0) is 13.8. The highest BCUT2D eigenvalue weighted by atomic mass is 16.5. The topological polar surface area (TPSA) is 59.7 Å². The maximum Gasteiger partial charge on any atom is 0.371 e. The van der Waals surface area contributed by atoms with Crippen LogP contribution in [0.25, 0.3) is 0 Å². The number of furan rings is 1. The van der Waals surface area contributed by atoms with E-state index in [2.05, 4.69) is 6.92 Å². The monoisotopic (exact) mass is 260 g/mol. The lowest BCUT2D eigenvalue weighted by atomic mass is 10.2. The Morgan fingerprint density at radius 1 is 1.32 bits per heavy atom. The van der Waals surface area contributed by atoms with E-state index < -0.39 is 5.97 Å². The van der Waals surface area contributed by atoms with Crippen LogP contribution in [0.2, 0.25) is 0 Å². The summed E-state index contributed by atoms with van der Waals surface area (Å²) in [6.07, 6.45) is 0.989. The maximum absolute atomic E-state index is 10.8. The van der Waals surface area contributed by atoms with E-state index >= 15 is 0 Å². The smallest absolute Gasteiger partial charge is 0.371 e. The van der Waals surface area contributed by atoms with Gasteiger partial charge in [0.1, 0.15) is 18.1 Å². The number of hydrogen-bond donors (Lipinski definition) is 1. The molecule has 1 heterocycles. The van der Waals surface area contributed by atoms with Gasteiger partial charge in [0.2, 0.25) is 5.76 Å². The van der Waals surface area contributed by atoms with Crippen molar-refractivity contribution in [1.82, 2.24) is 0 Å². The van der Waals surface area contributed by atoms with Gasteiger partial charge in [-0.05, 0) is 37.1 Å². The van der Waals surface area contributed by atoms with Gasteiger partial charge in [-0.3, -0.25) is 0 Å². The fourth-order valence-corrected chi connectivity index (χ4v) is 1.75. The number of rotatable bonds is 5. The average molecular weight is 260 g/mol. The molecule has 1 N–H and O–H groups in total. The molecule has 0 fully saturated rings. The van der Waals surface area contributed by atoms with Crippen LogP contribution in [0.15, 0.2) is 34.7 Å². The number of ether oxygens (including phenoxy) is 1. The van der Waals surface area contributed by atoms with Gasteiger partial charge in [0, 0.05) is 5.56 Å². The molecule has 1 aromatic carbocycles. The van der Waals surface area contributed by atoms with Crippen molar-refractivity contribution in [3.05, 3.63) is 53.0 Å². The molecule has 0 unspecified atom stereocenters. The fraction of sp³-hybridized carbons (Fsp3) is 0.267. The molecule has 0 bridgehead atoms. The highest BCUT2D eigenvalue weighted by molar-refractivity contribution is 5.84. The third-order valence-corrected chi connectivity index (χ3v) is 2.96. The first-order valence-electron chi connectivity index (χ1n) is 6.14. The van der Waals surface area contributed by atoms with Gasteiger partial charge in [0.15, 0.2) is 0 Å². The van der Waals surface area contributed by atoms with Crippen LogP contribution >= 0.6 is 0 Å². The number of carboxylic acid groups (broad SMARTS) is 1. The van der Waals surface area contributed by atoms with Crippen LogP contribution in [-0.2, 0) is 13.0 Å². The van der Waals surface area contributed by atoms with Crippen LogP contribution in [-0.4, -0.2) is 11.1 Å². The molecule has 19 heavy (non-hydrogen) atoms. The van der Waals surface area contributed by atoms with Crippen LogP contribution in [0.4, 0.5) is 0 Å². The number of aromatic carboxylic acids is 1. The quantitative estimate of drug-likeness (QED) is 0.894. The zero-order valence-corrected chi connectivity index (χ0v) is 11.0. The predicted octanol–water partition coefficient (Wildman–Crippen LogP) is 3.43. The van der Waals surface area contributed by atoms with E-state index in [1.165, 1.54) is 11.6 Å². The van der Waals surface area contributed by atoms with E-state index in [-0.39, 0.29) is 5.76 Å². The van der Waals surface area contributed by atoms with Gasteiger partial charge in [0.05, 0.1) is 0 Å². The molecule has 0 saturated heterocycles. The maximum atomic E-state index is 10.8. The van der Waals surface area contributed by atoms with E-state index in [1.54, 1.807) is 6.92 Å². The molecule has 0 amide bonds. The minimum Gasteiger partial charge on any atom is -0.489 e. The number of aryl methyl sites for hydroxylation is 2. The normalized spacial score (nSPS) is 10.4. The summed E-state index contributed by atoms with van der Waals surface area (Å²) in [5.74, 6) is 0.205. The number of benzene rings is 1. The van der Waals surface area contributed by atoms with Gasteiger partial charge in [-0.25, -0.2) is 4.79 Å². The predicted molar refractivity (Wildman–Crippen MR) is 70.6 cm³/mol. The SMILES string of the molecule is CCc1ccc(OCc2cc(C(=O)O)oc2C)cc1. The lowest BCUT2D eigenvalue weighted by Gasteiger charge is -2.05. The summed E-state index contributed by atoms with van der Waals surface area (Å²) >= 11 is 0. The molecule has 1 aromatic heterocycles. The summed E-state index contributed by atoms with van der Waals surface area (Å²) in [7, 11) is 0. The third-order valence-electron chi connectivity index (χ3n) is 2.96. The summed E-state index contributed by atoms with van der Waals surface area (Å²) < 4.78 is 10.7. The summed E-state index contributed by atoms with van der Waals surface area (Å²) in [5.41, 5.74) is 2.00. The Balaban J connectivity index is 2.03. The first-order chi connectivity index (χ1) is 9.10. The lowest BCUT2D eigenvalue weighted by molar-refractivity contribution is 0.0661. The second kappa shape index (κ2) is 5.61. The molecule has 100 valence electrons. The molecule has 0 saturated carbocycles. The number of carboxylic acids is 1. The van der Waals surface area contributed by atoms with E-state index in [0.29, 0.717) is 12.4 Å². The molecule has 2 aromatic rings. The van der Waals surface area contributed by atoms with Gasteiger partial charge in [-0.15, -0.1) is 0 Å². The Hall–Kier alpha value is -2.23. The Bertz CT molecular complexity index is 566. The number of carbonyl (C=O) groups is 1. The van der Waals surface area contributed by atoms with E-state index in [9.17, 15) is 4.79 Å². The first-order valence-corrected chi connectivity index (χ1v) is 6.14. The molecule has 4 heteroatoms. The van der Waals surface area contributed by atoms with Crippen molar-refractivity contribution in [2.24, 2.45) is 0 Å². The molecule has 0 aliphatic carbocycles. The van der Waals surface area contributed by atoms with Crippen molar-refractivity contribution >= 4 is 5.97 Å². The van der Waals surface area contributed by atoms with Gasteiger partial charge in [-0.1, -0.05) is 19.1 Å². The minimum atomic E-state index is -1.07. The third kappa shape index (κ3) is 3.16. The largest absolute Gasteiger partial charge is 0.489 e. The first kappa shape index (κ1) is 13.2. The Labute approximate surface area is 111 Å². The van der Waals surface area contributed by atoms with Crippen LogP contribution < -0.4 is 4.74 Å². The van der Waals surface area contributed by atoms with Crippen molar-refractivity contribution in [1.29, 1.82) is 0 Å². The summed E-state index contributed by atoms with van der Waals surface area (Å²) in [6.45, 7) is 4.12. The Morgan fingerprint density at radius 2 is 2.00 bits per heavy atom. The van der Waals surface area contributed by atoms with Gasteiger partial charge in [0.25, 0.3) is 0 Å². The standard InChI is InChI=1S/C15H16O4/c1-3-11-4-6-13(7-5-11)18-9-12-8-14(15(16)17)19-10(12)2/h4-8H,3,9H2,1-2H3,(H,16,17). The van der Waals surface area contributed by atoms with Crippen molar-refractivity contribution in [3.8, 4) is 5.75 Å². The number of hydrogen-bond acceptors (Lipinski definition) is 3. The van der Waals surface area contributed by atoms with Crippen LogP contribution in [0, 0.1) is 6.92 Å². The second-order valence-electron chi connectivity index (χ2n) is 4.28. The minimum absolute atomic E-state index is 0.0579. The molecule has 0 aliphatic rings. The zero-order valence-electron chi connectivity index (χ0n) is 11.0. The van der Waals surface area contributed by atoms with Gasteiger partial charge >= 0.3 is 5.97 Å². The molecular formula is C15H16O4. The van der Waals surface area contributed by atoms with Crippen molar-refractivity contribution in [3.63, 3.8) is 0 Å². The molecular weight excluding hydrogens is 244 g/mol. The van der Waals surface area contributed by atoms with Crippen LogP contribution in [0.1, 0.15) is 34.4 Å². The fourth-order valence-electron chi connectivity index (χ4n) is 1.75. The van der Waals surface area contributed by atoms with Crippen LogP contribution in [0.5, 0.6) is 5.75 Å². The Kier molecular flexibility index (Phi) is 3.90. The summed E-state index contributed by atoms with van der Waals surface area (Å²) in [5, 5.41) is 8.83. The molecule has 4 nitrogen and oxygen atoms in total. The summed E-state index contributed by atoms with van der Waals surface area (Å²) in [6, 6.07) is 9.34. The molecule has 0 spiro atoms. The van der Waals surface area contributed by atoms with Crippen molar-refractivity contribution < 1.29 is 19.1 Å². The highest BCUT2D eigenvalue weighted by Crippen LogP contribution is 2.18. The van der Waals surface area contributed by atoms with Crippen molar-refractivity contribution in [2.75, 3.05) is 0 Å². The molecule has 0 atom stereocenters. The van der Waals surface area contributed by atoms with E-state index in [1.807, 2.05) is 24.3 Å². The second-order valence-corrected chi connectivity index (χ2v) is 4.28. The van der Waals surface area contributed by atoms with Crippen LogP contribution in [0.3, 0.4) is 0 Å². The molecule has 2 rings (SSSR count). The molecule has 0 radical (unpaired) electrons. The van der Waals surface area contributed by atoms with Gasteiger partial charge < -0.3 is 14.3 Å². The molecule has 0 aliphatic heterocycles. The Morgan fingerprint density at radius 3 is 2.53 bits per heavy atom.